The van der Waals surface area contributed by atoms with Crippen LogP contribution in [0.5, 0.6) is 5.75 Å². The number of rotatable bonds is 8. The van der Waals surface area contributed by atoms with Gasteiger partial charge in [0.05, 0.1) is 19.1 Å². The molecule has 0 unspecified atom stereocenters. The Morgan fingerprint density at radius 3 is 2.38 bits per heavy atom. The second-order valence-corrected chi connectivity index (χ2v) is 7.25. The molecule has 0 radical (unpaired) electrons. The molecule has 1 amide bonds. The highest BCUT2D eigenvalue weighted by Crippen LogP contribution is 2.23. The van der Waals surface area contributed by atoms with E-state index in [0.717, 1.165) is 28.9 Å². The van der Waals surface area contributed by atoms with Crippen LogP contribution < -0.4 is 10.1 Å². The third-order valence-electron chi connectivity index (χ3n) is 4.66. The lowest BCUT2D eigenvalue weighted by atomic mass is 9.94. The topological polar surface area (TPSA) is 38.3 Å². The van der Waals surface area contributed by atoms with E-state index >= 15 is 0 Å². The van der Waals surface area contributed by atoms with Crippen molar-refractivity contribution in [3.05, 3.63) is 64.7 Å². The van der Waals surface area contributed by atoms with Crippen LogP contribution in [0, 0.1) is 19.8 Å². The molecule has 2 aromatic rings. The molecule has 3 heteroatoms. The minimum absolute atomic E-state index is 0.0218. The van der Waals surface area contributed by atoms with Crippen molar-refractivity contribution in [1.29, 1.82) is 0 Å². The van der Waals surface area contributed by atoms with Gasteiger partial charge in [0.25, 0.3) is 0 Å². The van der Waals surface area contributed by atoms with Crippen LogP contribution in [0.3, 0.4) is 0 Å². The average molecular weight is 354 g/mol. The molecule has 26 heavy (non-hydrogen) atoms. The standard InChI is InChI=1S/C23H31NO2/c1-6-19-9-11-20(12-10-19)23(16(2)3)24-22(25)13-14-26-21-15-17(4)7-8-18(21)5/h7-12,15-16,23H,6,13-14H2,1-5H3,(H,24,25)/t23-/m1/s1. The van der Waals surface area contributed by atoms with Gasteiger partial charge in [0.1, 0.15) is 5.75 Å². The number of carbonyl (C=O) groups excluding carboxylic acids is 1. The van der Waals surface area contributed by atoms with Crippen LogP contribution in [-0.4, -0.2) is 12.5 Å². The summed E-state index contributed by atoms with van der Waals surface area (Å²) in [5, 5.41) is 3.16. The van der Waals surface area contributed by atoms with Gasteiger partial charge in [-0.3, -0.25) is 4.79 Å². The van der Waals surface area contributed by atoms with Crippen LogP contribution in [0.15, 0.2) is 42.5 Å². The fourth-order valence-corrected chi connectivity index (χ4v) is 2.96. The molecule has 140 valence electrons. The summed E-state index contributed by atoms with van der Waals surface area (Å²) in [6.45, 7) is 10.8. The lowest BCUT2D eigenvalue weighted by Crippen LogP contribution is -2.32. The Morgan fingerprint density at radius 1 is 1.08 bits per heavy atom. The predicted octanol–water partition coefficient (Wildman–Crippen LogP) is 5.15. The monoisotopic (exact) mass is 353 g/mol. The first-order valence-corrected chi connectivity index (χ1v) is 9.49. The van der Waals surface area contributed by atoms with Crippen LogP contribution in [0.4, 0.5) is 0 Å². The van der Waals surface area contributed by atoms with Crippen LogP contribution >= 0.6 is 0 Å². The van der Waals surface area contributed by atoms with Gasteiger partial charge in [-0.2, -0.15) is 0 Å². The highest BCUT2D eigenvalue weighted by Gasteiger charge is 2.18. The maximum Gasteiger partial charge on any atom is 0.223 e. The summed E-state index contributed by atoms with van der Waals surface area (Å²) in [5.41, 5.74) is 4.71. The van der Waals surface area contributed by atoms with Gasteiger partial charge in [-0.15, -0.1) is 0 Å². The number of amides is 1. The third kappa shape index (κ3) is 5.62. The third-order valence-corrected chi connectivity index (χ3v) is 4.66. The van der Waals surface area contributed by atoms with Gasteiger partial charge in [-0.25, -0.2) is 0 Å². The van der Waals surface area contributed by atoms with Gasteiger partial charge < -0.3 is 10.1 Å². The second-order valence-electron chi connectivity index (χ2n) is 7.25. The number of hydrogen-bond acceptors (Lipinski definition) is 2. The van der Waals surface area contributed by atoms with Crippen molar-refractivity contribution in [2.75, 3.05) is 6.61 Å². The zero-order valence-corrected chi connectivity index (χ0v) is 16.6. The zero-order valence-electron chi connectivity index (χ0n) is 16.6. The van der Waals surface area contributed by atoms with Crippen LogP contribution in [0.2, 0.25) is 0 Å². The maximum atomic E-state index is 12.4. The molecule has 0 aliphatic heterocycles. The lowest BCUT2D eigenvalue weighted by Gasteiger charge is -2.23. The summed E-state index contributed by atoms with van der Waals surface area (Å²) in [6, 6.07) is 14.7. The number of hydrogen-bond donors (Lipinski definition) is 1. The molecule has 0 aliphatic rings. The van der Waals surface area contributed by atoms with E-state index in [1.807, 2.05) is 26.0 Å². The van der Waals surface area contributed by atoms with E-state index in [2.05, 4.69) is 56.4 Å². The normalized spacial score (nSPS) is 12.1. The highest BCUT2D eigenvalue weighted by molar-refractivity contribution is 5.76. The molecule has 0 aromatic heterocycles. The first-order chi connectivity index (χ1) is 12.4. The molecule has 2 aromatic carbocycles. The van der Waals surface area contributed by atoms with Crippen molar-refractivity contribution in [2.24, 2.45) is 5.92 Å². The van der Waals surface area contributed by atoms with Gasteiger partial charge in [0.2, 0.25) is 5.91 Å². The van der Waals surface area contributed by atoms with Gasteiger partial charge >= 0.3 is 0 Å². The summed E-state index contributed by atoms with van der Waals surface area (Å²) in [4.78, 5) is 12.4. The number of aryl methyl sites for hydroxylation is 3. The Hall–Kier alpha value is -2.29. The van der Waals surface area contributed by atoms with E-state index in [4.69, 9.17) is 4.74 Å². The quantitative estimate of drug-likeness (QED) is 0.713. The van der Waals surface area contributed by atoms with Crippen LogP contribution in [0.1, 0.15) is 55.5 Å². The van der Waals surface area contributed by atoms with Gasteiger partial charge in [-0.05, 0) is 54.5 Å². The molecule has 0 saturated carbocycles. The Bertz CT molecular complexity index is 719. The molecule has 1 N–H and O–H groups in total. The van der Waals surface area contributed by atoms with Crippen molar-refractivity contribution in [2.45, 2.75) is 53.5 Å². The maximum absolute atomic E-state index is 12.4. The fourth-order valence-electron chi connectivity index (χ4n) is 2.96. The van der Waals surface area contributed by atoms with Crippen molar-refractivity contribution >= 4 is 5.91 Å². The van der Waals surface area contributed by atoms with Crippen LogP contribution in [-0.2, 0) is 11.2 Å². The molecule has 0 fully saturated rings. The number of nitrogens with one attached hydrogen (secondary N) is 1. The minimum atomic E-state index is 0.0218. The van der Waals surface area contributed by atoms with Crippen molar-refractivity contribution < 1.29 is 9.53 Å². The second kappa shape index (κ2) is 9.42. The summed E-state index contributed by atoms with van der Waals surface area (Å²) in [7, 11) is 0. The van der Waals surface area contributed by atoms with E-state index < -0.39 is 0 Å². The molecular weight excluding hydrogens is 322 g/mol. The summed E-state index contributed by atoms with van der Waals surface area (Å²) in [6.07, 6.45) is 1.37. The SMILES string of the molecule is CCc1ccc([C@H](NC(=O)CCOc2cc(C)ccc2C)C(C)C)cc1. The molecule has 2 rings (SSSR count). The first-order valence-electron chi connectivity index (χ1n) is 9.49. The molecule has 0 spiro atoms. The number of carbonyl (C=O) groups is 1. The Balaban J connectivity index is 1.92. The number of benzene rings is 2. The Morgan fingerprint density at radius 2 is 1.77 bits per heavy atom. The molecule has 0 aliphatic carbocycles. The van der Waals surface area contributed by atoms with E-state index in [9.17, 15) is 4.79 Å². The van der Waals surface area contributed by atoms with Gasteiger partial charge in [0, 0.05) is 0 Å². The Kier molecular flexibility index (Phi) is 7.26. The van der Waals surface area contributed by atoms with E-state index in [-0.39, 0.29) is 11.9 Å². The zero-order chi connectivity index (χ0) is 19.1. The average Bonchev–Trinajstić information content (AvgIpc) is 2.62. The first kappa shape index (κ1) is 20.0. The van der Waals surface area contributed by atoms with Gasteiger partial charge in [-0.1, -0.05) is 57.2 Å². The molecule has 3 nitrogen and oxygen atoms in total. The summed E-state index contributed by atoms with van der Waals surface area (Å²) < 4.78 is 5.81. The van der Waals surface area contributed by atoms with E-state index in [1.54, 1.807) is 0 Å². The predicted molar refractivity (Wildman–Crippen MR) is 108 cm³/mol. The van der Waals surface area contributed by atoms with E-state index in [0.29, 0.717) is 18.9 Å². The van der Waals surface area contributed by atoms with Crippen molar-refractivity contribution in [1.82, 2.24) is 5.32 Å². The molecule has 0 bridgehead atoms. The van der Waals surface area contributed by atoms with Crippen molar-refractivity contribution in [3.63, 3.8) is 0 Å². The highest BCUT2D eigenvalue weighted by atomic mass is 16.5. The van der Waals surface area contributed by atoms with Crippen LogP contribution in [0.25, 0.3) is 0 Å². The smallest absolute Gasteiger partial charge is 0.223 e. The molecule has 1 atom stereocenters. The molecule has 0 saturated heterocycles. The lowest BCUT2D eigenvalue weighted by molar-refractivity contribution is -0.122. The van der Waals surface area contributed by atoms with E-state index in [1.165, 1.54) is 5.56 Å². The fraction of sp³-hybridized carbons (Fsp3) is 0.435. The molecular formula is C23H31NO2. The summed E-state index contributed by atoms with van der Waals surface area (Å²) in [5.74, 6) is 1.20. The Labute approximate surface area is 157 Å². The number of ether oxygens (including phenoxy) is 1. The van der Waals surface area contributed by atoms with Crippen molar-refractivity contribution in [3.8, 4) is 5.75 Å². The largest absolute Gasteiger partial charge is 0.493 e. The van der Waals surface area contributed by atoms with Gasteiger partial charge in [0.15, 0.2) is 0 Å². The minimum Gasteiger partial charge on any atom is -0.493 e. The molecule has 0 heterocycles. The summed E-state index contributed by atoms with van der Waals surface area (Å²) >= 11 is 0.